The van der Waals surface area contributed by atoms with Crippen LogP contribution < -0.4 is 5.32 Å². The number of morpholine rings is 1. The Morgan fingerprint density at radius 2 is 2.10 bits per heavy atom. The number of benzene rings is 1. The van der Waals surface area contributed by atoms with Crippen molar-refractivity contribution in [2.24, 2.45) is 0 Å². The SMILES string of the molecule is Cc1ccnc(C2CCCN2C(=O)NCC2CN(Cc3ccc(Cl)c(Cl)c3)CCO2)c1. The summed E-state index contributed by atoms with van der Waals surface area (Å²) < 4.78 is 5.89. The number of likely N-dealkylation sites (tertiary alicyclic amines) is 1. The minimum Gasteiger partial charge on any atom is -0.374 e. The molecule has 166 valence electrons. The molecule has 4 rings (SSSR count). The van der Waals surface area contributed by atoms with Gasteiger partial charge < -0.3 is 15.0 Å². The quantitative estimate of drug-likeness (QED) is 0.712. The Bertz CT molecular complexity index is 926. The van der Waals surface area contributed by atoms with Crippen molar-refractivity contribution in [2.75, 3.05) is 32.8 Å². The number of rotatable bonds is 5. The molecule has 0 saturated carbocycles. The van der Waals surface area contributed by atoms with Gasteiger partial charge in [0.2, 0.25) is 0 Å². The van der Waals surface area contributed by atoms with Crippen molar-refractivity contribution in [3.8, 4) is 0 Å². The van der Waals surface area contributed by atoms with E-state index in [1.165, 1.54) is 0 Å². The summed E-state index contributed by atoms with van der Waals surface area (Å²) in [4.78, 5) is 21.6. The molecule has 2 unspecified atom stereocenters. The number of ether oxygens (including phenoxy) is 1. The molecule has 2 aliphatic rings. The van der Waals surface area contributed by atoms with E-state index in [4.69, 9.17) is 27.9 Å². The highest BCUT2D eigenvalue weighted by molar-refractivity contribution is 6.42. The van der Waals surface area contributed by atoms with Crippen LogP contribution in [0.15, 0.2) is 36.5 Å². The minimum absolute atomic E-state index is 0.0401. The molecule has 6 nitrogen and oxygen atoms in total. The van der Waals surface area contributed by atoms with Crippen LogP contribution in [0.5, 0.6) is 0 Å². The summed E-state index contributed by atoms with van der Waals surface area (Å²) in [6.07, 6.45) is 3.71. The highest BCUT2D eigenvalue weighted by Crippen LogP contribution is 2.31. The van der Waals surface area contributed by atoms with Crippen LogP contribution in [0.1, 0.15) is 35.7 Å². The van der Waals surface area contributed by atoms with E-state index < -0.39 is 0 Å². The van der Waals surface area contributed by atoms with Crippen LogP contribution in [0, 0.1) is 6.92 Å². The van der Waals surface area contributed by atoms with Crippen LogP contribution in [0.3, 0.4) is 0 Å². The molecule has 3 heterocycles. The average Bonchev–Trinajstić information content (AvgIpc) is 3.25. The summed E-state index contributed by atoms with van der Waals surface area (Å²) in [6.45, 7) is 6.30. The van der Waals surface area contributed by atoms with Crippen molar-refractivity contribution < 1.29 is 9.53 Å². The zero-order valence-electron chi connectivity index (χ0n) is 17.7. The number of carbonyl (C=O) groups is 1. The standard InChI is InChI=1S/C23H28Cl2N4O2/c1-16-6-7-26-21(11-16)22-3-2-8-29(22)23(30)27-13-18-15-28(9-10-31-18)14-17-4-5-19(24)20(25)12-17/h4-7,11-12,18,22H,2-3,8-10,13-15H2,1H3,(H,27,30). The van der Waals surface area contributed by atoms with Gasteiger partial charge >= 0.3 is 6.03 Å². The van der Waals surface area contributed by atoms with Crippen LogP contribution in [0.2, 0.25) is 10.0 Å². The molecule has 2 fully saturated rings. The maximum absolute atomic E-state index is 12.9. The summed E-state index contributed by atoms with van der Waals surface area (Å²) in [5.74, 6) is 0. The number of halogens is 2. The molecule has 2 amide bonds. The molecule has 1 N–H and O–H groups in total. The van der Waals surface area contributed by atoms with E-state index in [2.05, 4.69) is 28.2 Å². The number of hydrogen-bond acceptors (Lipinski definition) is 4. The largest absolute Gasteiger partial charge is 0.374 e. The first-order valence-electron chi connectivity index (χ1n) is 10.7. The minimum atomic E-state index is -0.0454. The summed E-state index contributed by atoms with van der Waals surface area (Å²) in [6, 6.07) is 9.77. The summed E-state index contributed by atoms with van der Waals surface area (Å²) >= 11 is 12.2. The first-order chi connectivity index (χ1) is 15.0. The highest BCUT2D eigenvalue weighted by atomic mass is 35.5. The number of nitrogens with one attached hydrogen (secondary N) is 1. The predicted octanol–water partition coefficient (Wildman–Crippen LogP) is 4.44. The molecule has 0 spiro atoms. The first-order valence-corrected chi connectivity index (χ1v) is 11.5. The molecule has 8 heteroatoms. The van der Waals surface area contributed by atoms with E-state index in [1.807, 2.05) is 35.4 Å². The Morgan fingerprint density at radius 3 is 2.90 bits per heavy atom. The lowest BCUT2D eigenvalue weighted by Crippen LogP contribution is -2.49. The van der Waals surface area contributed by atoms with Gasteiger partial charge in [0.15, 0.2) is 0 Å². The first kappa shape index (κ1) is 22.3. The molecular formula is C23H28Cl2N4O2. The zero-order chi connectivity index (χ0) is 21.8. The third-order valence-electron chi connectivity index (χ3n) is 5.89. The molecule has 1 aromatic carbocycles. The lowest BCUT2D eigenvalue weighted by Gasteiger charge is -2.33. The van der Waals surface area contributed by atoms with Gasteiger partial charge in [-0.1, -0.05) is 29.3 Å². The Labute approximate surface area is 193 Å². The van der Waals surface area contributed by atoms with Crippen molar-refractivity contribution in [2.45, 2.75) is 38.5 Å². The number of aromatic nitrogens is 1. The summed E-state index contributed by atoms with van der Waals surface area (Å²) in [5, 5.41) is 4.21. The molecule has 2 aliphatic heterocycles. The van der Waals surface area contributed by atoms with E-state index in [1.54, 1.807) is 0 Å². The third-order valence-corrected chi connectivity index (χ3v) is 6.62. The van der Waals surface area contributed by atoms with E-state index in [9.17, 15) is 4.79 Å². The molecule has 1 aromatic heterocycles. The summed E-state index contributed by atoms with van der Waals surface area (Å²) in [7, 11) is 0. The van der Waals surface area contributed by atoms with Gasteiger partial charge in [0.05, 0.1) is 34.5 Å². The summed E-state index contributed by atoms with van der Waals surface area (Å²) in [5.41, 5.74) is 3.24. The van der Waals surface area contributed by atoms with Crippen LogP contribution >= 0.6 is 23.2 Å². The highest BCUT2D eigenvalue weighted by Gasteiger charge is 2.31. The molecule has 2 aromatic rings. The molecule has 0 aliphatic carbocycles. The molecule has 2 saturated heterocycles. The fourth-order valence-corrected chi connectivity index (χ4v) is 4.63. The number of aryl methyl sites for hydroxylation is 1. The number of amides is 2. The number of hydrogen-bond donors (Lipinski definition) is 1. The second-order valence-electron chi connectivity index (χ2n) is 8.27. The Kier molecular flexibility index (Phi) is 7.33. The van der Waals surface area contributed by atoms with Gasteiger partial charge in [-0.3, -0.25) is 9.88 Å². The smallest absolute Gasteiger partial charge is 0.318 e. The molecule has 0 radical (unpaired) electrons. The number of nitrogens with zero attached hydrogens (tertiary/aromatic N) is 3. The van der Waals surface area contributed by atoms with E-state index in [0.717, 1.165) is 55.8 Å². The topological polar surface area (TPSA) is 57.7 Å². The average molecular weight is 463 g/mol. The maximum atomic E-state index is 12.9. The van der Waals surface area contributed by atoms with Gasteiger partial charge in [0.25, 0.3) is 0 Å². The van der Waals surface area contributed by atoms with E-state index in [0.29, 0.717) is 23.2 Å². The van der Waals surface area contributed by atoms with Crippen LogP contribution in [-0.2, 0) is 11.3 Å². The van der Waals surface area contributed by atoms with Crippen LogP contribution in [0.4, 0.5) is 4.79 Å². The Balaban J connectivity index is 1.30. The lowest BCUT2D eigenvalue weighted by molar-refractivity contribution is -0.0291. The Hall–Kier alpha value is -1.86. The third kappa shape index (κ3) is 5.69. The van der Waals surface area contributed by atoms with E-state index >= 15 is 0 Å². The number of urea groups is 1. The van der Waals surface area contributed by atoms with Crippen molar-refractivity contribution in [3.63, 3.8) is 0 Å². The van der Waals surface area contributed by atoms with Crippen molar-refractivity contribution in [1.82, 2.24) is 20.1 Å². The van der Waals surface area contributed by atoms with Gasteiger partial charge in [-0.05, 0) is 55.2 Å². The van der Waals surface area contributed by atoms with Gasteiger partial charge in [-0.15, -0.1) is 0 Å². The molecular weight excluding hydrogens is 435 g/mol. The van der Waals surface area contributed by atoms with Crippen molar-refractivity contribution in [1.29, 1.82) is 0 Å². The van der Waals surface area contributed by atoms with Gasteiger partial charge in [-0.2, -0.15) is 0 Å². The normalized spacial score (nSPS) is 22.0. The van der Waals surface area contributed by atoms with Crippen LogP contribution in [0.25, 0.3) is 0 Å². The van der Waals surface area contributed by atoms with E-state index in [-0.39, 0.29) is 18.2 Å². The van der Waals surface area contributed by atoms with Crippen LogP contribution in [-0.4, -0.2) is 59.7 Å². The molecule has 2 atom stereocenters. The van der Waals surface area contributed by atoms with Gasteiger partial charge in [0, 0.05) is 38.9 Å². The Morgan fingerprint density at radius 1 is 1.23 bits per heavy atom. The maximum Gasteiger partial charge on any atom is 0.318 e. The van der Waals surface area contributed by atoms with Gasteiger partial charge in [0.1, 0.15) is 0 Å². The predicted molar refractivity (Wildman–Crippen MR) is 123 cm³/mol. The fraction of sp³-hybridized carbons (Fsp3) is 0.478. The zero-order valence-corrected chi connectivity index (χ0v) is 19.2. The number of carbonyl (C=O) groups excluding carboxylic acids is 1. The second-order valence-corrected chi connectivity index (χ2v) is 9.09. The monoisotopic (exact) mass is 462 g/mol. The lowest BCUT2D eigenvalue weighted by atomic mass is 10.1. The van der Waals surface area contributed by atoms with Crippen molar-refractivity contribution >= 4 is 29.2 Å². The molecule has 31 heavy (non-hydrogen) atoms. The van der Waals surface area contributed by atoms with Gasteiger partial charge in [-0.25, -0.2) is 4.79 Å². The van der Waals surface area contributed by atoms with Crippen molar-refractivity contribution in [3.05, 3.63) is 63.4 Å². The number of pyridine rings is 1. The molecule has 0 bridgehead atoms. The fourth-order valence-electron chi connectivity index (χ4n) is 4.31. The second kappa shape index (κ2) is 10.2.